The molecule has 0 radical (unpaired) electrons. The minimum Gasteiger partial charge on any atom is -0.493 e. The second-order valence-electron chi connectivity index (χ2n) is 5.88. The summed E-state index contributed by atoms with van der Waals surface area (Å²) in [4.78, 5) is 0. The minimum absolute atomic E-state index is 0.0497. The van der Waals surface area contributed by atoms with Gasteiger partial charge in [-0.3, -0.25) is 0 Å². The Morgan fingerprint density at radius 3 is 2.63 bits per heavy atom. The van der Waals surface area contributed by atoms with Crippen LogP contribution in [0.3, 0.4) is 0 Å². The van der Waals surface area contributed by atoms with Crippen molar-refractivity contribution in [1.29, 1.82) is 0 Å². The lowest BCUT2D eigenvalue weighted by Crippen LogP contribution is -2.35. The maximum Gasteiger partial charge on any atom is 0.125 e. The number of nitrogens with one attached hydrogen (secondary N) is 1. The normalized spacial score (nSPS) is 11.4. The van der Waals surface area contributed by atoms with E-state index in [0.717, 1.165) is 28.3 Å². The molecule has 0 saturated heterocycles. The molecule has 0 aliphatic rings. The third-order valence-electron chi connectivity index (χ3n) is 2.66. The zero-order chi connectivity index (χ0) is 14.5. The molecule has 0 aliphatic carbocycles. The Kier molecular flexibility index (Phi) is 5.89. The summed E-state index contributed by atoms with van der Waals surface area (Å²) in [5, 5.41) is 4.18. The molecule has 0 unspecified atom stereocenters. The van der Waals surface area contributed by atoms with Crippen LogP contribution >= 0.6 is 11.6 Å². The summed E-state index contributed by atoms with van der Waals surface area (Å²) in [5.41, 5.74) is 2.19. The monoisotopic (exact) mass is 281 g/mol. The molecule has 0 heterocycles. The van der Waals surface area contributed by atoms with Crippen LogP contribution in [-0.2, 0) is 6.54 Å². The van der Waals surface area contributed by atoms with Gasteiger partial charge >= 0.3 is 0 Å². The highest BCUT2D eigenvalue weighted by Crippen LogP contribution is 2.27. The summed E-state index contributed by atoms with van der Waals surface area (Å²) in [7, 11) is 0. The van der Waals surface area contributed by atoms with Crippen molar-refractivity contribution in [3.63, 3.8) is 0 Å². The van der Waals surface area contributed by atoms with E-state index >= 15 is 0 Å². The molecule has 1 aromatic carbocycles. The Morgan fingerprint density at radius 2 is 2.05 bits per heavy atom. The van der Waals surface area contributed by atoms with E-state index < -0.39 is 0 Å². The number of ether oxygens (including phenoxy) is 1. The number of rotatable bonds is 6. The van der Waals surface area contributed by atoms with Gasteiger partial charge in [0, 0.05) is 29.1 Å². The van der Waals surface area contributed by atoms with Crippen LogP contribution in [0.5, 0.6) is 5.75 Å². The fourth-order valence-corrected chi connectivity index (χ4v) is 1.77. The molecule has 0 atom stereocenters. The van der Waals surface area contributed by atoms with Gasteiger partial charge < -0.3 is 10.1 Å². The highest BCUT2D eigenvalue weighted by Gasteiger charge is 2.13. The molecule has 106 valence electrons. The first-order valence-corrected chi connectivity index (χ1v) is 6.97. The van der Waals surface area contributed by atoms with Crippen LogP contribution in [0.1, 0.15) is 39.7 Å². The van der Waals surface area contributed by atoms with Crippen LogP contribution in [0.2, 0.25) is 5.02 Å². The molecular formula is C16H24ClNO. The molecule has 0 aromatic heterocycles. The van der Waals surface area contributed by atoms with Crippen molar-refractivity contribution < 1.29 is 4.74 Å². The van der Waals surface area contributed by atoms with E-state index in [-0.39, 0.29) is 5.54 Å². The largest absolute Gasteiger partial charge is 0.493 e. The maximum atomic E-state index is 6.26. The second-order valence-corrected chi connectivity index (χ2v) is 6.28. The van der Waals surface area contributed by atoms with Gasteiger partial charge in [0.1, 0.15) is 5.75 Å². The lowest BCUT2D eigenvalue weighted by Gasteiger charge is -2.22. The van der Waals surface area contributed by atoms with Crippen LogP contribution in [0.4, 0.5) is 0 Å². The second kappa shape index (κ2) is 6.97. The topological polar surface area (TPSA) is 21.3 Å². The van der Waals surface area contributed by atoms with Crippen molar-refractivity contribution in [2.24, 2.45) is 0 Å². The number of benzene rings is 1. The summed E-state index contributed by atoms with van der Waals surface area (Å²) >= 11 is 6.26. The predicted octanol–water partition coefficient (Wildman–Crippen LogP) is 4.57. The molecule has 0 saturated carbocycles. The third-order valence-corrected chi connectivity index (χ3v) is 3.01. The zero-order valence-corrected chi connectivity index (χ0v) is 13.1. The van der Waals surface area contributed by atoms with Crippen molar-refractivity contribution in [2.45, 2.75) is 46.2 Å². The first-order chi connectivity index (χ1) is 8.79. The summed E-state index contributed by atoms with van der Waals surface area (Å²) in [5.74, 6) is 0.852. The van der Waals surface area contributed by atoms with Crippen LogP contribution in [-0.4, -0.2) is 12.1 Å². The number of halogens is 1. The maximum absolute atomic E-state index is 6.26. The Bertz CT molecular complexity index is 435. The first-order valence-electron chi connectivity index (χ1n) is 6.59. The van der Waals surface area contributed by atoms with Gasteiger partial charge in [-0.2, -0.15) is 0 Å². The fourth-order valence-electron chi connectivity index (χ4n) is 1.53. The summed E-state index contributed by atoms with van der Waals surface area (Å²) in [6, 6.07) is 5.77. The van der Waals surface area contributed by atoms with Crippen LogP contribution in [0.25, 0.3) is 0 Å². The van der Waals surface area contributed by atoms with Crippen molar-refractivity contribution in [2.75, 3.05) is 6.61 Å². The summed E-state index contributed by atoms with van der Waals surface area (Å²) in [6.45, 7) is 13.6. The molecule has 19 heavy (non-hydrogen) atoms. The summed E-state index contributed by atoms with van der Waals surface area (Å²) < 4.78 is 5.81. The van der Waals surface area contributed by atoms with Crippen molar-refractivity contribution >= 4 is 11.6 Å². The molecule has 1 aromatic rings. The smallest absolute Gasteiger partial charge is 0.125 e. The lowest BCUT2D eigenvalue weighted by molar-refractivity contribution is 0.315. The van der Waals surface area contributed by atoms with E-state index in [1.807, 2.05) is 25.1 Å². The Balaban J connectivity index is 2.74. The standard InChI is InChI=1S/C16H24ClNO/c1-12(2)9-10-19-15-8-6-7-14(17)13(15)11-18-16(3,4)5/h6-8,18H,1,9-11H2,2-5H3. The molecule has 0 bridgehead atoms. The molecule has 0 amide bonds. The van der Waals surface area contributed by atoms with E-state index in [1.54, 1.807) is 0 Å². The van der Waals surface area contributed by atoms with Gasteiger partial charge in [0.25, 0.3) is 0 Å². The quantitative estimate of drug-likeness (QED) is 0.771. The van der Waals surface area contributed by atoms with E-state index in [1.165, 1.54) is 0 Å². The van der Waals surface area contributed by atoms with Crippen LogP contribution < -0.4 is 10.1 Å². The summed E-state index contributed by atoms with van der Waals surface area (Å²) in [6.07, 6.45) is 0.860. The molecule has 1 N–H and O–H groups in total. The number of hydrogen-bond donors (Lipinski definition) is 1. The van der Waals surface area contributed by atoms with Gasteiger partial charge in [0.2, 0.25) is 0 Å². The van der Waals surface area contributed by atoms with Crippen LogP contribution in [0, 0.1) is 0 Å². The van der Waals surface area contributed by atoms with E-state index in [2.05, 4.69) is 32.7 Å². The average molecular weight is 282 g/mol. The third kappa shape index (κ3) is 6.13. The fraction of sp³-hybridized carbons (Fsp3) is 0.500. The van der Waals surface area contributed by atoms with Gasteiger partial charge in [-0.15, -0.1) is 6.58 Å². The SMILES string of the molecule is C=C(C)CCOc1cccc(Cl)c1CNC(C)(C)C. The number of hydrogen-bond acceptors (Lipinski definition) is 2. The highest BCUT2D eigenvalue weighted by molar-refractivity contribution is 6.31. The van der Waals surface area contributed by atoms with Gasteiger partial charge in [-0.1, -0.05) is 23.2 Å². The van der Waals surface area contributed by atoms with Gasteiger partial charge in [0.05, 0.1) is 6.61 Å². The van der Waals surface area contributed by atoms with Gasteiger partial charge in [-0.05, 0) is 39.8 Å². The van der Waals surface area contributed by atoms with Crippen molar-refractivity contribution in [3.8, 4) is 5.75 Å². The predicted molar refractivity (Wildman–Crippen MR) is 83.0 cm³/mol. The lowest BCUT2D eigenvalue weighted by atomic mass is 10.1. The molecule has 2 nitrogen and oxygen atoms in total. The van der Waals surface area contributed by atoms with Crippen molar-refractivity contribution in [3.05, 3.63) is 40.9 Å². The molecular weight excluding hydrogens is 258 g/mol. The molecule has 0 spiro atoms. The van der Waals surface area contributed by atoms with E-state index in [9.17, 15) is 0 Å². The van der Waals surface area contributed by atoms with E-state index in [0.29, 0.717) is 13.2 Å². The minimum atomic E-state index is 0.0497. The Labute approximate surface area is 121 Å². The molecule has 1 rings (SSSR count). The Morgan fingerprint density at radius 1 is 1.37 bits per heavy atom. The molecule has 3 heteroatoms. The molecule has 0 aliphatic heterocycles. The van der Waals surface area contributed by atoms with Gasteiger partial charge in [0.15, 0.2) is 0 Å². The van der Waals surface area contributed by atoms with Crippen LogP contribution in [0.15, 0.2) is 30.4 Å². The Hall–Kier alpha value is -0.990. The average Bonchev–Trinajstić information content (AvgIpc) is 2.26. The zero-order valence-electron chi connectivity index (χ0n) is 12.3. The first kappa shape index (κ1) is 16.1. The highest BCUT2D eigenvalue weighted by atomic mass is 35.5. The molecule has 0 fully saturated rings. The van der Waals surface area contributed by atoms with Gasteiger partial charge in [-0.25, -0.2) is 0 Å². The van der Waals surface area contributed by atoms with E-state index in [4.69, 9.17) is 16.3 Å². The van der Waals surface area contributed by atoms with Crippen molar-refractivity contribution in [1.82, 2.24) is 5.32 Å².